The zero-order valence-corrected chi connectivity index (χ0v) is 16.4. The van der Waals surface area contributed by atoms with Gasteiger partial charge in [-0.2, -0.15) is 0 Å². The summed E-state index contributed by atoms with van der Waals surface area (Å²) in [4.78, 5) is 23.7. The third-order valence-electron chi connectivity index (χ3n) is 3.00. The van der Waals surface area contributed by atoms with E-state index in [1.54, 1.807) is 31.4 Å². The molecule has 1 heterocycles. The first-order chi connectivity index (χ1) is 12.5. The molecule has 0 bridgehead atoms. The van der Waals surface area contributed by atoms with Gasteiger partial charge < -0.3 is 15.4 Å². The fourth-order valence-corrected chi connectivity index (χ4v) is 3.32. The minimum absolute atomic E-state index is 0.0782. The second-order valence-electron chi connectivity index (χ2n) is 5.67. The fourth-order valence-electron chi connectivity index (χ4n) is 1.76. The van der Waals surface area contributed by atoms with Crippen LogP contribution in [0, 0.1) is 5.92 Å². The van der Waals surface area contributed by atoms with Crippen molar-refractivity contribution in [3.05, 3.63) is 24.3 Å². The van der Waals surface area contributed by atoms with Crippen LogP contribution in [0.5, 0.6) is 5.75 Å². The Hall–Kier alpha value is -2.33. The normalized spacial score (nSPS) is 10.5. The number of hydrogen-bond donors (Lipinski definition) is 3. The molecular formula is C16H21N5O3S2. The first-order valence-electron chi connectivity index (χ1n) is 7.91. The molecule has 0 saturated carbocycles. The predicted octanol–water partition coefficient (Wildman–Crippen LogP) is 3.06. The Kier molecular flexibility index (Phi) is 7.67. The molecule has 26 heavy (non-hydrogen) atoms. The molecule has 10 heteroatoms. The molecule has 140 valence electrons. The number of ether oxygens (including phenoxy) is 1. The first kappa shape index (κ1) is 20.0. The summed E-state index contributed by atoms with van der Waals surface area (Å²) in [6.07, 6.45) is 0. The van der Waals surface area contributed by atoms with E-state index >= 15 is 0 Å². The number of carbonyl (C=O) groups excluding carboxylic acids is 2. The van der Waals surface area contributed by atoms with Crippen LogP contribution < -0.4 is 20.7 Å². The van der Waals surface area contributed by atoms with E-state index in [-0.39, 0.29) is 5.75 Å². The molecule has 0 aliphatic heterocycles. The van der Waals surface area contributed by atoms with Crippen LogP contribution in [0.1, 0.15) is 13.8 Å². The van der Waals surface area contributed by atoms with Gasteiger partial charge in [-0.15, -0.1) is 10.2 Å². The molecule has 0 atom stereocenters. The number of aromatic nitrogens is 2. The van der Waals surface area contributed by atoms with Crippen molar-refractivity contribution in [1.29, 1.82) is 0 Å². The largest absolute Gasteiger partial charge is 0.497 e. The molecule has 1 aromatic heterocycles. The summed E-state index contributed by atoms with van der Waals surface area (Å²) < 4.78 is 5.71. The van der Waals surface area contributed by atoms with Crippen LogP contribution in [0.15, 0.2) is 28.6 Å². The van der Waals surface area contributed by atoms with E-state index in [4.69, 9.17) is 4.74 Å². The van der Waals surface area contributed by atoms with E-state index in [9.17, 15) is 9.59 Å². The molecule has 0 saturated heterocycles. The molecule has 0 aliphatic carbocycles. The Morgan fingerprint density at radius 3 is 2.62 bits per heavy atom. The quantitative estimate of drug-likeness (QED) is 0.590. The van der Waals surface area contributed by atoms with Crippen molar-refractivity contribution in [3.63, 3.8) is 0 Å². The third-order valence-corrected chi connectivity index (χ3v) is 5.01. The molecule has 0 aliphatic rings. The number of hydrogen-bond acceptors (Lipinski definition) is 8. The molecule has 8 nitrogen and oxygen atoms in total. The van der Waals surface area contributed by atoms with Crippen molar-refractivity contribution in [1.82, 2.24) is 15.5 Å². The molecular weight excluding hydrogens is 374 g/mol. The molecule has 0 spiro atoms. The Bertz CT molecular complexity index is 734. The van der Waals surface area contributed by atoms with Crippen LogP contribution in [0.25, 0.3) is 0 Å². The Balaban J connectivity index is 1.73. The number of amides is 3. The van der Waals surface area contributed by atoms with Gasteiger partial charge in [-0.3, -0.25) is 10.1 Å². The predicted molar refractivity (Wildman–Crippen MR) is 104 cm³/mol. The number of benzene rings is 1. The summed E-state index contributed by atoms with van der Waals surface area (Å²) in [7, 11) is 1.56. The summed E-state index contributed by atoms with van der Waals surface area (Å²) in [5.74, 6) is 0.857. The van der Waals surface area contributed by atoms with E-state index in [1.165, 1.54) is 23.1 Å². The topological polar surface area (TPSA) is 105 Å². The minimum atomic E-state index is -0.586. The van der Waals surface area contributed by atoms with Crippen LogP contribution in [-0.4, -0.2) is 41.5 Å². The summed E-state index contributed by atoms with van der Waals surface area (Å²) in [6.45, 7) is 5.02. The molecule has 3 amide bonds. The summed E-state index contributed by atoms with van der Waals surface area (Å²) in [6, 6.07) is 6.22. The second kappa shape index (κ2) is 9.97. The van der Waals surface area contributed by atoms with Crippen LogP contribution in [0.4, 0.5) is 15.6 Å². The summed E-state index contributed by atoms with van der Waals surface area (Å²) in [5.41, 5.74) is 0.564. The lowest BCUT2D eigenvalue weighted by molar-refractivity contribution is -0.117. The number of urea groups is 1. The van der Waals surface area contributed by atoms with Gasteiger partial charge in [0.15, 0.2) is 4.34 Å². The molecule has 0 fully saturated rings. The number of carbonyl (C=O) groups is 2. The SMILES string of the molecule is COc1ccc(NC(=O)NC(=O)CSc2nnc(NCC(C)C)s2)cc1. The number of nitrogens with one attached hydrogen (secondary N) is 3. The second-order valence-corrected chi connectivity index (χ2v) is 7.87. The van der Waals surface area contributed by atoms with Gasteiger partial charge in [0.2, 0.25) is 11.0 Å². The zero-order valence-electron chi connectivity index (χ0n) is 14.7. The molecule has 0 unspecified atom stereocenters. The van der Waals surface area contributed by atoms with Crippen molar-refractivity contribution in [3.8, 4) is 5.75 Å². The Morgan fingerprint density at radius 1 is 1.23 bits per heavy atom. The zero-order chi connectivity index (χ0) is 18.9. The molecule has 2 rings (SSSR count). The number of imide groups is 1. The van der Waals surface area contributed by atoms with Gasteiger partial charge in [-0.05, 0) is 30.2 Å². The van der Waals surface area contributed by atoms with E-state index in [1.807, 2.05) is 0 Å². The van der Waals surface area contributed by atoms with Gasteiger partial charge in [0.05, 0.1) is 12.9 Å². The molecule has 1 aromatic carbocycles. The van der Waals surface area contributed by atoms with E-state index in [0.717, 1.165) is 11.7 Å². The first-order valence-corrected chi connectivity index (χ1v) is 9.71. The number of methoxy groups -OCH3 is 1. The molecule has 2 aromatic rings. The highest BCUT2D eigenvalue weighted by Gasteiger charge is 2.11. The standard InChI is InChI=1S/C16H21N5O3S2/c1-10(2)8-17-15-20-21-16(26-15)25-9-13(22)19-14(23)18-11-4-6-12(24-3)7-5-11/h4-7,10H,8-9H2,1-3H3,(H,17,20)(H2,18,19,22,23). The summed E-state index contributed by atoms with van der Waals surface area (Å²) >= 11 is 2.61. The van der Waals surface area contributed by atoms with E-state index in [0.29, 0.717) is 21.7 Å². The summed E-state index contributed by atoms with van der Waals surface area (Å²) in [5, 5.41) is 16.8. The maximum Gasteiger partial charge on any atom is 0.325 e. The van der Waals surface area contributed by atoms with Crippen molar-refractivity contribution in [2.45, 2.75) is 18.2 Å². The van der Waals surface area contributed by atoms with Crippen LogP contribution in [-0.2, 0) is 4.79 Å². The Morgan fingerprint density at radius 2 is 1.96 bits per heavy atom. The molecule has 0 radical (unpaired) electrons. The third kappa shape index (κ3) is 6.89. The van der Waals surface area contributed by atoms with Crippen molar-refractivity contribution < 1.29 is 14.3 Å². The average Bonchev–Trinajstić information content (AvgIpc) is 3.07. The van der Waals surface area contributed by atoms with Gasteiger partial charge in [0, 0.05) is 12.2 Å². The lowest BCUT2D eigenvalue weighted by Crippen LogP contribution is -2.35. The highest BCUT2D eigenvalue weighted by molar-refractivity contribution is 8.01. The highest BCUT2D eigenvalue weighted by atomic mass is 32.2. The lowest BCUT2D eigenvalue weighted by atomic mass is 10.2. The van der Waals surface area contributed by atoms with E-state index in [2.05, 4.69) is 40.0 Å². The Labute approximate surface area is 160 Å². The average molecular weight is 396 g/mol. The minimum Gasteiger partial charge on any atom is -0.497 e. The van der Waals surface area contributed by atoms with Gasteiger partial charge in [0.25, 0.3) is 0 Å². The maximum absolute atomic E-state index is 11.9. The number of thioether (sulfide) groups is 1. The maximum atomic E-state index is 11.9. The van der Waals surface area contributed by atoms with Gasteiger partial charge in [0.1, 0.15) is 5.75 Å². The van der Waals surface area contributed by atoms with Crippen LogP contribution >= 0.6 is 23.1 Å². The monoisotopic (exact) mass is 395 g/mol. The lowest BCUT2D eigenvalue weighted by Gasteiger charge is -2.07. The van der Waals surface area contributed by atoms with Gasteiger partial charge >= 0.3 is 6.03 Å². The van der Waals surface area contributed by atoms with Crippen molar-refractivity contribution in [2.24, 2.45) is 5.92 Å². The smallest absolute Gasteiger partial charge is 0.325 e. The molecule has 3 N–H and O–H groups in total. The van der Waals surface area contributed by atoms with Crippen LogP contribution in [0.3, 0.4) is 0 Å². The van der Waals surface area contributed by atoms with Crippen molar-refractivity contribution in [2.75, 3.05) is 30.0 Å². The number of nitrogens with zero attached hydrogens (tertiary/aromatic N) is 2. The number of anilines is 2. The fraction of sp³-hybridized carbons (Fsp3) is 0.375. The van der Waals surface area contributed by atoms with Gasteiger partial charge in [-0.1, -0.05) is 36.9 Å². The highest BCUT2D eigenvalue weighted by Crippen LogP contribution is 2.25. The van der Waals surface area contributed by atoms with Gasteiger partial charge in [-0.25, -0.2) is 4.79 Å². The van der Waals surface area contributed by atoms with E-state index < -0.39 is 11.9 Å². The van der Waals surface area contributed by atoms with Crippen molar-refractivity contribution >= 4 is 45.9 Å². The van der Waals surface area contributed by atoms with Crippen LogP contribution in [0.2, 0.25) is 0 Å². The number of rotatable bonds is 8.